The molecule has 64 valence electrons. The van der Waals surface area contributed by atoms with Gasteiger partial charge in [-0.15, -0.1) is 0 Å². The van der Waals surface area contributed by atoms with Crippen molar-refractivity contribution in [1.29, 1.82) is 0 Å². The molecule has 0 aliphatic carbocycles. The zero-order valence-electron chi connectivity index (χ0n) is 6.45. The van der Waals surface area contributed by atoms with Crippen LogP contribution in [0.15, 0.2) is 0 Å². The predicted molar refractivity (Wildman–Crippen MR) is 37.1 cm³/mol. The Morgan fingerprint density at radius 3 is 2.64 bits per heavy atom. The summed E-state index contributed by atoms with van der Waals surface area (Å²) in [5.74, 6) is 0. The van der Waals surface area contributed by atoms with Crippen LogP contribution in [-0.4, -0.2) is 30.1 Å². The quantitative estimate of drug-likeness (QED) is 0.617. The van der Waals surface area contributed by atoms with Crippen LogP contribution >= 0.6 is 0 Å². The largest absolute Gasteiger partial charge is 0.509 e. The highest BCUT2D eigenvalue weighted by molar-refractivity contribution is 5.62. The van der Waals surface area contributed by atoms with Crippen molar-refractivity contribution in [2.45, 2.75) is 32.0 Å². The molecule has 0 saturated carbocycles. The fourth-order valence-electron chi connectivity index (χ4n) is 1.11. The molecule has 1 fully saturated rings. The molecule has 0 radical (unpaired) electrons. The van der Waals surface area contributed by atoms with Crippen LogP contribution in [-0.2, 0) is 9.47 Å². The van der Waals surface area contributed by atoms with E-state index in [4.69, 9.17) is 9.84 Å². The average molecular weight is 160 g/mol. The van der Waals surface area contributed by atoms with Gasteiger partial charge in [-0.3, -0.25) is 0 Å². The zero-order chi connectivity index (χ0) is 8.27. The lowest BCUT2D eigenvalue weighted by molar-refractivity contribution is 0.0791. The molecule has 1 rings (SSSR count). The first-order valence-electron chi connectivity index (χ1n) is 3.76. The van der Waals surface area contributed by atoms with E-state index < -0.39 is 12.3 Å². The first-order valence-corrected chi connectivity index (χ1v) is 3.76. The summed E-state index contributed by atoms with van der Waals surface area (Å²) in [5, 5.41) is 8.72. The highest BCUT2D eigenvalue weighted by Gasteiger charge is 2.34. The minimum atomic E-state index is -0.664. The van der Waals surface area contributed by atoms with E-state index in [0.29, 0.717) is 0 Å². The van der Waals surface area contributed by atoms with Crippen LogP contribution in [0.25, 0.3) is 0 Å². The van der Waals surface area contributed by atoms with Crippen LogP contribution in [0.4, 0.5) is 4.79 Å². The number of hydrogen-bond acceptors (Lipinski definition) is 4. The van der Waals surface area contributed by atoms with Crippen molar-refractivity contribution >= 4 is 6.16 Å². The van der Waals surface area contributed by atoms with Crippen LogP contribution in [0.1, 0.15) is 19.8 Å². The van der Waals surface area contributed by atoms with Crippen LogP contribution in [0.2, 0.25) is 0 Å². The van der Waals surface area contributed by atoms with Gasteiger partial charge in [0.25, 0.3) is 0 Å². The van der Waals surface area contributed by atoms with Crippen molar-refractivity contribution in [2.75, 3.05) is 6.61 Å². The van der Waals surface area contributed by atoms with Gasteiger partial charge in [0.2, 0.25) is 0 Å². The van der Waals surface area contributed by atoms with Gasteiger partial charge in [-0.25, -0.2) is 4.79 Å². The molecule has 0 amide bonds. The number of carbonyl (C=O) groups excluding carboxylic acids is 1. The Morgan fingerprint density at radius 1 is 1.45 bits per heavy atom. The third-order valence-corrected chi connectivity index (χ3v) is 1.66. The molecule has 0 aromatic carbocycles. The van der Waals surface area contributed by atoms with E-state index in [0.717, 1.165) is 12.8 Å². The lowest BCUT2D eigenvalue weighted by Crippen LogP contribution is -2.25. The summed E-state index contributed by atoms with van der Waals surface area (Å²) in [4.78, 5) is 10.5. The Balaban J connectivity index is 2.43. The first kappa shape index (κ1) is 8.33. The second-order valence-corrected chi connectivity index (χ2v) is 2.53. The molecule has 0 aromatic rings. The van der Waals surface area contributed by atoms with Gasteiger partial charge in [0, 0.05) is 0 Å². The molecular weight excluding hydrogens is 148 g/mol. The zero-order valence-corrected chi connectivity index (χ0v) is 6.45. The summed E-state index contributed by atoms with van der Waals surface area (Å²) in [6, 6.07) is 0. The van der Waals surface area contributed by atoms with Gasteiger partial charge in [-0.1, -0.05) is 13.3 Å². The van der Waals surface area contributed by atoms with Crippen molar-refractivity contribution in [3.05, 3.63) is 0 Å². The highest BCUT2D eigenvalue weighted by Crippen LogP contribution is 2.18. The molecule has 0 aromatic heterocycles. The van der Waals surface area contributed by atoms with Gasteiger partial charge in [-0.05, 0) is 6.42 Å². The molecule has 0 spiro atoms. The Morgan fingerprint density at radius 2 is 2.09 bits per heavy atom. The molecule has 0 bridgehead atoms. The van der Waals surface area contributed by atoms with Gasteiger partial charge < -0.3 is 14.6 Å². The molecule has 4 heteroatoms. The molecule has 11 heavy (non-hydrogen) atoms. The second-order valence-electron chi connectivity index (χ2n) is 2.53. The van der Waals surface area contributed by atoms with Crippen molar-refractivity contribution < 1.29 is 19.4 Å². The highest BCUT2D eigenvalue weighted by atomic mass is 16.8. The maximum atomic E-state index is 10.5. The smallest absolute Gasteiger partial charge is 0.427 e. The summed E-state index contributed by atoms with van der Waals surface area (Å²) in [6.45, 7) is 1.83. The Bertz CT molecular complexity index is 145. The van der Waals surface area contributed by atoms with Gasteiger partial charge in [0.1, 0.15) is 6.10 Å². The van der Waals surface area contributed by atoms with E-state index in [2.05, 4.69) is 4.74 Å². The van der Waals surface area contributed by atoms with Gasteiger partial charge in [-0.2, -0.15) is 0 Å². The van der Waals surface area contributed by atoms with Gasteiger partial charge in [0.05, 0.1) is 6.61 Å². The molecule has 1 aliphatic heterocycles. The lowest BCUT2D eigenvalue weighted by atomic mass is 10.1. The molecule has 1 saturated heterocycles. The summed E-state index contributed by atoms with van der Waals surface area (Å²) < 4.78 is 9.45. The molecule has 4 nitrogen and oxygen atoms in total. The van der Waals surface area contributed by atoms with E-state index in [1.807, 2.05) is 6.92 Å². The molecule has 1 N–H and O–H groups in total. The number of hydrogen-bond donors (Lipinski definition) is 1. The summed E-state index contributed by atoms with van der Waals surface area (Å²) in [5.41, 5.74) is 0. The van der Waals surface area contributed by atoms with E-state index >= 15 is 0 Å². The maximum Gasteiger partial charge on any atom is 0.509 e. The van der Waals surface area contributed by atoms with E-state index in [-0.39, 0.29) is 12.7 Å². The number of aliphatic hydroxyl groups excluding tert-OH is 1. The van der Waals surface area contributed by atoms with Crippen molar-refractivity contribution in [3.63, 3.8) is 0 Å². The van der Waals surface area contributed by atoms with Crippen LogP contribution in [0.3, 0.4) is 0 Å². The van der Waals surface area contributed by atoms with Gasteiger partial charge in [0.15, 0.2) is 6.10 Å². The summed E-state index contributed by atoms with van der Waals surface area (Å²) in [7, 11) is 0. The van der Waals surface area contributed by atoms with Crippen LogP contribution in [0.5, 0.6) is 0 Å². The third-order valence-electron chi connectivity index (χ3n) is 1.66. The SMILES string of the molecule is CCC[C@H]1OC(=O)O[C@H]1CO. The van der Waals surface area contributed by atoms with Gasteiger partial charge >= 0.3 is 6.16 Å². The first-order chi connectivity index (χ1) is 5.27. The summed E-state index contributed by atoms with van der Waals surface area (Å²) in [6.07, 6.45) is 0.289. The Kier molecular flexibility index (Phi) is 2.70. The number of cyclic esters (lactones) is 2. The minimum Gasteiger partial charge on any atom is -0.427 e. The number of ether oxygens (including phenoxy) is 2. The Hall–Kier alpha value is -0.770. The number of carbonyl (C=O) groups is 1. The molecule has 0 unspecified atom stereocenters. The average Bonchev–Trinajstić information content (AvgIpc) is 2.32. The fourth-order valence-corrected chi connectivity index (χ4v) is 1.11. The topological polar surface area (TPSA) is 55.8 Å². The summed E-state index contributed by atoms with van der Waals surface area (Å²) >= 11 is 0. The normalized spacial score (nSPS) is 29.8. The predicted octanol–water partition coefficient (Wildman–Crippen LogP) is 0.683. The van der Waals surface area contributed by atoms with E-state index in [1.165, 1.54) is 0 Å². The second kappa shape index (κ2) is 3.57. The van der Waals surface area contributed by atoms with E-state index in [1.54, 1.807) is 0 Å². The van der Waals surface area contributed by atoms with Crippen LogP contribution in [0, 0.1) is 0 Å². The van der Waals surface area contributed by atoms with Crippen molar-refractivity contribution in [3.8, 4) is 0 Å². The third kappa shape index (κ3) is 1.83. The van der Waals surface area contributed by atoms with Crippen molar-refractivity contribution in [2.24, 2.45) is 0 Å². The Labute approximate surface area is 65.1 Å². The maximum absolute atomic E-state index is 10.5. The molecule has 1 heterocycles. The molecule has 2 atom stereocenters. The van der Waals surface area contributed by atoms with E-state index in [9.17, 15) is 4.79 Å². The standard InChI is InChI=1S/C7H12O4/c1-2-3-5-6(4-8)11-7(9)10-5/h5-6,8H,2-4H2,1H3/t5-,6+/m1/s1. The minimum absolute atomic E-state index is 0.156. The molecular formula is C7H12O4. The van der Waals surface area contributed by atoms with Crippen LogP contribution < -0.4 is 0 Å². The monoisotopic (exact) mass is 160 g/mol. The molecule has 1 aliphatic rings. The number of aliphatic hydroxyl groups is 1. The van der Waals surface area contributed by atoms with Crippen molar-refractivity contribution in [1.82, 2.24) is 0 Å². The lowest BCUT2D eigenvalue weighted by Gasteiger charge is -2.10. The fraction of sp³-hybridized carbons (Fsp3) is 0.857. The number of rotatable bonds is 3.